The summed E-state index contributed by atoms with van der Waals surface area (Å²) >= 11 is 0. The molecule has 0 aliphatic heterocycles. The first kappa shape index (κ1) is 62.3. The summed E-state index contributed by atoms with van der Waals surface area (Å²) in [5.41, 5.74) is 0. The fourth-order valence-electron chi connectivity index (χ4n) is 7.06. The Balaban J connectivity index is 4.46. The zero-order valence-electron chi connectivity index (χ0n) is 42.9. The minimum Gasteiger partial charge on any atom is -0.462 e. The maximum atomic E-state index is 12.8. The van der Waals surface area contributed by atoms with Crippen LogP contribution in [-0.2, 0) is 23.8 Å². The Bertz CT molecular complexity index is 1350. The second-order valence-corrected chi connectivity index (χ2v) is 17.4. The molecular formula is C61H100O5. The predicted molar refractivity (Wildman–Crippen MR) is 288 cm³/mol. The van der Waals surface area contributed by atoms with Crippen LogP contribution in [0.4, 0.5) is 0 Å². The van der Waals surface area contributed by atoms with Crippen molar-refractivity contribution in [1.29, 1.82) is 0 Å². The van der Waals surface area contributed by atoms with Gasteiger partial charge < -0.3 is 14.2 Å². The van der Waals surface area contributed by atoms with Crippen molar-refractivity contribution >= 4 is 11.9 Å². The molecule has 0 aliphatic rings. The highest BCUT2D eigenvalue weighted by Crippen LogP contribution is 2.14. The number of hydrogen-bond acceptors (Lipinski definition) is 5. The Morgan fingerprint density at radius 3 is 1.14 bits per heavy atom. The number of rotatable bonds is 48. The standard InChI is InChI=1S/C61H100O5/c1-4-7-10-13-16-19-22-25-28-30-31-32-34-36-39-42-45-48-51-54-60(62)65-58-59(57-64-56-53-50-47-44-41-38-35-29-26-23-20-17-14-11-8-5-2)66-61(63)55-52-49-46-43-40-37-33-27-24-21-18-15-12-9-6-3/h7-8,10-11,16-17,19-20,25-26,28-29,31-32,36,38-39,41,45,48,59H,4-6,9,12-15,18,21-24,27,30,33-35,37,40,42-44,46-47,49-58H2,1-3H3/b10-7-,11-8-,19-16-,20-17-,28-25-,29-26-,32-31-,39-36-,41-38-,48-45-. The highest BCUT2D eigenvalue weighted by molar-refractivity contribution is 5.70. The number of unbranched alkanes of at least 4 members (excludes halogenated alkanes) is 17. The number of hydrogen-bond donors (Lipinski definition) is 0. The van der Waals surface area contributed by atoms with E-state index in [9.17, 15) is 9.59 Å². The SMILES string of the molecule is CC/C=C\C/C=C\C/C=C\C/C=C\C/C=C\C/C=C\CCC(=O)OCC(COCCCCC/C=C\C/C=C\C/C=C\C/C=C\CC)OC(=O)CCCCCCCCCCCCCCCCC. The fourth-order valence-corrected chi connectivity index (χ4v) is 7.06. The molecule has 0 rings (SSSR count). The van der Waals surface area contributed by atoms with Crippen LogP contribution in [0.15, 0.2) is 122 Å². The average molecular weight is 913 g/mol. The van der Waals surface area contributed by atoms with Gasteiger partial charge >= 0.3 is 11.9 Å². The summed E-state index contributed by atoms with van der Waals surface area (Å²) in [6.45, 7) is 7.45. The summed E-state index contributed by atoms with van der Waals surface area (Å²) in [6, 6.07) is 0. The second-order valence-electron chi connectivity index (χ2n) is 17.4. The molecule has 5 nitrogen and oxygen atoms in total. The molecule has 1 atom stereocenters. The van der Waals surface area contributed by atoms with Crippen molar-refractivity contribution in [3.05, 3.63) is 122 Å². The van der Waals surface area contributed by atoms with E-state index < -0.39 is 6.10 Å². The molecular weight excluding hydrogens is 813 g/mol. The third kappa shape index (κ3) is 52.9. The Kier molecular flexibility index (Phi) is 52.5. The van der Waals surface area contributed by atoms with Crippen molar-refractivity contribution in [2.45, 2.75) is 232 Å². The maximum absolute atomic E-state index is 12.8. The van der Waals surface area contributed by atoms with Crippen molar-refractivity contribution in [2.24, 2.45) is 0 Å². The number of esters is 2. The smallest absolute Gasteiger partial charge is 0.306 e. The first-order valence-electron chi connectivity index (χ1n) is 27.1. The van der Waals surface area contributed by atoms with Gasteiger partial charge in [0.1, 0.15) is 6.61 Å². The lowest BCUT2D eigenvalue weighted by Gasteiger charge is -2.18. The van der Waals surface area contributed by atoms with Gasteiger partial charge in [-0.15, -0.1) is 0 Å². The van der Waals surface area contributed by atoms with Crippen LogP contribution < -0.4 is 0 Å². The Morgan fingerprint density at radius 1 is 0.348 bits per heavy atom. The summed E-state index contributed by atoms with van der Waals surface area (Å²) < 4.78 is 17.3. The fraction of sp³-hybridized carbons (Fsp3) is 0.639. The van der Waals surface area contributed by atoms with E-state index in [1.54, 1.807) is 0 Å². The zero-order valence-corrected chi connectivity index (χ0v) is 42.9. The molecule has 0 N–H and O–H groups in total. The zero-order chi connectivity index (χ0) is 47.7. The third-order valence-corrected chi connectivity index (χ3v) is 11.0. The van der Waals surface area contributed by atoms with Gasteiger partial charge in [0.2, 0.25) is 0 Å². The first-order chi connectivity index (χ1) is 32.6. The van der Waals surface area contributed by atoms with Gasteiger partial charge in [-0.25, -0.2) is 0 Å². The molecule has 0 amide bonds. The van der Waals surface area contributed by atoms with Gasteiger partial charge in [0.25, 0.3) is 0 Å². The van der Waals surface area contributed by atoms with Crippen LogP contribution in [0.2, 0.25) is 0 Å². The summed E-state index contributed by atoms with van der Waals surface area (Å²) in [7, 11) is 0. The summed E-state index contributed by atoms with van der Waals surface area (Å²) in [5, 5.41) is 0. The van der Waals surface area contributed by atoms with E-state index in [-0.39, 0.29) is 25.2 Å². The van der Waals surface area contributed by atoms with E-state index in [0.29, 0.717) is 25.9 Å². The number of allylic oxidation sites excluding steroid dienone is 20. The van der Waals surface area contributed by atoms with Gasteiger partial charge in [0.05, 0.1) is 6.61 Å². The first-order valence-corrected chi connectivity index (χ1v) is 27.1. The maximum Gasteiger partial charge on any atom is 0.306 e. The molecule has 0 bridgehead atoms. The Hall–Kier alpha value is -3.70. The quantitative estimate of drug-likeness (QED) is 0.0346. The van der Waals surface area contributed by atoms with Crippen molar-refractivity contribution < 1.29 is 23.8 Å². The van der Waals surface area contributed by atoms with Crippen molar-refractivity contribution in [2.75, 3.05) is 19.8 Å². The lowest BCUT2D eigenvalue weighted by Crippen LogP contribution is -2.30. The molecule has 0 heterocycles. The van der Waals surface area contributed by atoms with Crippen molar-refractivity contribution in [3.63, 3.8) is 0 Å². The molecule has 0 aromatic rings. The topological polar surface area (TPSA) is 61.8 Å². The van der Waals surface area contributed by atoms with Crippen LogP contribution in [0.1, 0.15) is 226 Å². The van der Waals surface area contributed by atoms with Crippen LogP contribution in [0.3, 0.4) is 0 Å². The molecule has 374 valence electrons. The molecule has 0 aromatic carbocycles. The molecule has 5 heteroatoms. The van der Waals surface area contributed by atoms with E-state index in [4.69, 9.17) is 14.2 Å². The van der Waals surface area contributed by atoms with Gasteiger partial charge in [-0.3, -0.25) is 9.59 Å². The van der Waals surface area contributed by atoms with Crippen LogP contribution >= 0.6 is 0 Å². The predicted octanol–water partition coefficient (Wildman–Crippen LogP) is 18.6. The highest BCUT2D eigenvalue weighted by Gasteiger charge is 2.17. The molecule has 0 aliphatic carbocycles. The Morgan fingerprint density at radius 2 is 0.712 bits per heavy atom. The summed E-state index contributed by atoms with van der Waals surface area (Å²) in [4.78, 5) is 25.4. The van der Waals surface area contributed by atoms with E-state index in [1.807, 2.05) is 6.08 Å². The van der Waals surface area contributed by atoms with Crippen molar-refractivity contribution in [3.8, 4) is 0 Å². The lowest BCUT2D eigenvalue weighted by atomic mass is 10.0. The van der Waals surface area contributed by atoms with Gasteiger partial charge in [-0.05, 0) is 96.3 Å². The van der Waals surface area contributed by atoms with Gasteiger partial charge in [0, 0.05) is 19.4 Å². The van der Waals surface area contributed by atoms with Crippen LogP contribution in [0.5, 0.6) is 0 Å². The van der Waals surface area contributed by atoms with Crippen LogP contribution in [0.25, 0.3) is 0 Å². The molecule has 0 aromatic heterocycles. The minimum atomic E-state index is -0.590. The molecule has 0 saturated carbocycles. The van der Waals surface area contributed by atoms with E-state index >= 15 is 0 Å². The monoisotopic (exact) mass is 913 g/mol. The normalized spacial score (nSPS) is 13.2. The van der Waals surface area contributed by atoms with Gasteiger partial charge in [0.15, 0.2) is 6.10 Å². The van der Waals surface area contributed by atoms with Crippen LogP contribution in [-0.4, -0.2) is 37.9 Å². The summed E-state index contributed by atoms with van der Waals surface area (Å²) in [6.07, 6.45) is 78.0. The number of carbonyl (C=O) groups is 2. The van der Waals surface area contributed by atoms with Gasteiger partial charge in [-0.2, -0.15) is 0 Å². The number of ether oxygens (including phenoxy) is 3. The average Bonchev–Trinajstić information content (AvgIpc) is 3.32. The largest absolute Gasteiger partial charge is 0.462 e. The summed E-state index contributed by atoms with van der Waals surface area (Å²) in [5.74, 6) is -0.515. The van der Waals surface area contributed by atoms with Gasteiger partial charge in [-0.1, -0.05) is 239 Å². The molecule has 66 heavy (non-hydrogen) atoms. The minimum absolute atomic E-state index is 0.0268. The molecule has 0 saturated heterocycles. The molecule has 0 fully saturated rings. The second kappa shape index (κ2) is 55.6. The van der Waals surface area contributed by atoms with Crippen LogP contribution in [0, 0.1) is 0 Å². The highest BCUT2D eigenvalue weighted by atomic mass is 16.6. The Labute approximate surface area is 407 Å². The molecule has 1 unspecified atom stereocenters. The van der Waals surface area contributed by atoms with E-state index in [0.717, 1.165) is 109 Å². The van der Waals surface area contributed by atoms with Crippen molar-refractivity contribution in [1.82, 2.24) is 0 Å². The lowest BCUT2D eigenvalue weighted by molar-refractivity contribution is -0.162. The number of carbonyl (C=O) groups excluding carboxylic acids is 2. The molecule has 0 spiro atoms. The molecule has 0 radical (unpaired) electrons. The van der Waals surface area contributed by atoms with E-state index in [2.05, 4.69) is 136 Å². The third-order valence-electron chi connectivity index (χ3n) is 11.0. The van der Waals surface area contributed by atoms with E-state index in [1.165, 1.54) is 77.0 Å².